The van der Waals surface area contributed by atoms with Crippen LogP contribution in [0.25, 0.3) is 0 Å². The molecule has 9 nitrogen and oxygen atoms in total. The summed E-state index contributed by atoms with van der Waals surface area (Å²) in [6.45, 7) is 3.83. The highest BCUT2D eigenvalue weighted by Gasteiger charge is 2.17. The molecule has 3 rings (SSSR count). The number of carboxylic acids is 1. The molecule has 0 atom stereocenters. The van der Waals surface area contributed by atoms with Crippen LogP contribution in [0.5, 0.6) is 0 Å². The van der Waals surface area contributed by atoms with Gasteiger partial charge in [0.05, 0.1) is 36.1 Å². The molecule has 1 aliphatic heterocycles. The van der Waals surface area contributed by atoms with Gasteiger partial charge < -0.3 is 19.7 Å². The molecule has 0 aliphatic carbocycles. The van der Waals surface area contributed by atoms with Crippen LogP contribution in [-0.4, -0.2) is 68.7 Å². The van der Waals surface area contributed by atoms with Crippen LogP contribution in [0, 0.1) is 0 Å². The second-order valence-electron chi connectivity index (χ2n) is 6.18. The third-order valence-corrected chi connectivity index (χ3v) is 5.56. The number of nitrogens with zero attached hydrogens (tertiary/aromatic N) is 4. The molecule has 28 heavy (non-hydrogen) atoms. The average Bonchev–Trinajstić information content (AvgIpc) is 3.02. The van der Waals surface area contributed by atoms with Gasteiger partial charge in [-0.1, -0.05) is 23.4 Å². The normalized spacial score (nSPS) is 14.8. The van der Waals surface area contributed by atoms with Gasteiger partial charge >= 0.3 is 5.97 Å². The van der Waals surface area contributed by atoms with E-state index in [0.29, 0.717) is 30.6 Å². The minimum atomic E-state index is -1.15. The molecular weight excluding hydrogens is 406 g/mol. The number of carbonyl (C=O) groups is 2. The summed E-state index contributed by atoms with van der Waals surface area (Å²) in [6, 6.07) is 4.32. The minimum absolute atomic E-state index is 0.0619. The van der Waals surface area contributed by atoms with Gasteiger partial charge in [0, 0.05) is 25.8 Å². The van der Waals surface area contributed by atoms with E-state index in [1.165, 1.54) is 23.9 Å². The number of rotatable bonds is 7. The second-order valence-corrected chi connectivity index (χ2v) is 7.53. The Labute approximate surface area is 171 Å². The van der Waals surface area contributed by atoms with Crippen LogP contribution in [0.1, 0.15) is 16.2 Å². The largest absolute Gasteiger partial charge is 0.478 e. The maximum atomic E-state index is 12.2. The Balaban J connectivity index is 1.55. The van der Waals surface area contributed by atoms with E-state index in [9.17, 15) is 9.59 Å². The van der Waals surface area contributed by atoms with Gasteiger partial charge in [0.15, 0.2) is 5.16 Å². The summed E-state index contributed by atoms with van der Waals surface area (Å²) in [5.74, 6) is -0.480. The van der Waals surface area contributed by atoms with Crippen molar-refractivity contribution in [3.63, 3.8) is 0 Å². The molecule has 1 aliphatic rings. The van der Waals surface area contributed by atoms with Gasteiger partial charge in [0.2, 0.25) is 5.91 Å². The third-order valence-electron chi connectivity index (χ3n) is 4.21. The predicted molar refractivity (Wildman–Crippen MR) is 105 cm³/mol. The van der Waals surface area contributed by atoms with E-state index < -0.39 is 5.97 Å². The highest BCUT2D eigenvalue weighted by Crippen LogP contribution is 2.22. The predicted octanol–water partition coefficient (Wildman–Crippen LogP) is 1.73. The van der Waals surface area contributed by atoms with Crippen molar-refractivity contribution in [2.45, 2.75) is 11.7 Å². The Morgan fingerprint density at radius 3 is 2.79 bits per heavy atom. The van der Waals surface area contributed by atoms with Crippen molar-refractivity contribution in [2.24, 2.45) is 7.05 Å². The summed E-state index contributed by atoms with van der Waals surface area (Å²) in [4.78, 5) is 25.6. The fourth-order valence-electron chi connectivity index (χ4n) is 2.66. The maximum absolute atomic E-state index is 12.2. The zero-order chi connectivity index (χ0) is 20.1. The van der Waals surface area contributed by atoms with E-state index in [0.717, 1.165) is 18.9 Å². The molecule has 0 unspecified atom stereocenters. The summed E-state index contributed by atoms with van der Waals surface area (Å²) in [6.07, 6.45) is 0. The Hall–Kier alpha value is -2.14. The number of halogens is 1. The van der Waals surface area contributed by atoms with Gasteiger partial charge in [0.25, 0.3) is 0 Å². The van der Waals surface area contributed by atoms with Crippen molar-refractivity contribution < 1.29 is 19.4 Å². The molecule has 1 fully saturated rings. The average molecular weight is 426 g/mol. The van der Waals surface area contributed by atoms with Gasteiger partial charge in [-0.15, -0.1) is 10.2 Å². The monoisotopic (exact) mass is 425 g/mol. The lowest BCUT2D eigenvalue weighted by Gasteiger charge is -2.25. The van der Waals surface area contributed by atoms with Gasteiger partial charge in [-0.2, -0.15) is 0 Å². The molecule has 1 aromatic carbocycles. The van der Waals surface area contributed by atoms with Gasteiger partial charge in [-0.05, 0) is 18.2 Å². The second kappa shape index (κ2) is 9.37. The Morgan fingerprint density at radius 1 is 1.32 bits per heavy atom. The number of aromatic nitrogens is 3. The molecule has 11 heteroatoms. The zero-order valence-electron chi connectivity index (χ0n) is 15.2. The number of hydrogen-bond acceptors (Lipinski definition) is 7. The minimum Gasteiger partial charge on any atom is -0.478 e. The molecule has 0 radical (unpaired) electrons. The molecule has 2 N–H and O–H groups in total. The van der Waals surface area contributed by atoms with Crippen molar-refractivity contribution in [2.75, 3.05) is 37.4 Å². The quantitative estimate of drug-likeness (QED) is 0.645. The molecule has 0 spiro atoms. The molecule has 1 saturated heterocycles. The molecule has 2 aromatic rings. The van der Waals surface area contributed by atoms with Crippen LogP contribution in [-0.2, 0) is 23.1 Å². The van der Waals surface area contributed by atoms with E-state index >= 15 is 0 Å². The number of nitrogens with one attached hydrogen (secondary N) is 1. The fourth-order valence-corrected chi connectivity index (χ4v) is 3.59. The molecule has 150 valence electrons. The van der Waals surface area contributed by atoms with Crippen LogP contribution in [0.2, 0.25) is 5.02 Å². The summed E-state index contributed by atoms with van der Waals surface area (Å²) in [5, 5.41) is 20.9. The lowest BCUT2D eigenvalue weighted by atomic mass is 10.2. The third kappa shape index (κ3) is 5.22. The van der Waals surface area contributed by atoms with E-state index in [1.54, 1.807) is 6.07 Å². The van der Waals surface area contributed by atoms with Crippen LogP contribution in [0.4, 0.5) is 5.69 Å². The topological polar surface area (TPSA) is 110 Å². The van der Waals surface area contributed by atoms with Gasteiger partial charge in [-0.3, -0.25) is 9.69 Å². The summed E-state index contributed by atoms with van der Waals surface area (Å²) >= 11 is 7.10. The first-order chi connectivity index (χ1) is 13.4. The number of carbonyl (C=O) groups excluding carboxylic acids is 1. The summed E-state index contributed by atoms with van der Waals surface area (Å²) < 4.78 is 7.21. The van der Waals surface area contributed by atoms with E-state index in [-0.39, 0.29) is 22.2 Å². The zero-order valence-corrected chi connectivity index (χ0v) is 16.8. The smallest absolute Gasteiger partial charge is 0.337 e. The van der Waals surface area contributed by atoms with Crippen LogP contribution >= 0.6 is 23.4 Å². The number of aromatic carboxylic acids is 1. The van der Waals surface area contributed by atoms with Crippen molar-refractivity contribution >= 4 is 40.9 Å². The van der Waals surface area contributed by atoms with Crippen molar-refractivity contribution in [1.29, 1.82) is 0 Å². The number of amides is 1. The van der Waals surface area contributed by atoms with Crippen molar-refractivity contribution in [1.82, 2.24) is 19.7 Å². The summed E-state index contributed by atoms with van der Waals surface area (Å²) in [7, 11) is 1.87. The number of ether oxygens (including phenoxy) is 1. The van der Waals surface area contributed by atoms with E-state index in [4.69, 9.17) is 21.4 Å². The maximum Gasteiger partial charge on any atom is 0.337 e. The molecule has 0 saturated carbocycles. The van der Waals surface area contributed by atoms with E-state index in [2.05, 4.69) is 20.4 Å². The Bertz CT molecular complexity index is 869. The van der Waals surface area contributed by atoms with Crippen LogP contribution in [0.15, 0.2) is 23.4 Å². The fraction of sp³-hybridized carbons (Fsp3) is 0.412. The standard InChI is InChI=1S/C17H20ClN5O4S/c1-22-14(9-23-4-6-27-7-5-23)20-21-17(22)28-10-15(24)19-11-2-3-13(18)12(8-11)16(25)26/h2-3,8H,4-7,9-10H2,1H3,(H,19,24)(H,25,26). The highest BCUT2D eigenvalue weighted by atomic mass is 35.5. The van der Waals surface area contributed by atoms with Crippen molar-refractivity contribution in [3.8, 4) is 0 Å². The first kappa shape index (κ1) is 20.6. The number of anilines is 1. The molecular formula is C17H20ClN5O4S. The first-order valence-corrected chi connectivity index (χ1v) is 9.94. The molecule has 0 bridgehead atoms. The number of carboxylic acid groups (broad SMARTS) is 1. The number of benzene rings is 1. The molecule has 2 heterocycles. The van der Waals surface area contributed by atoms with E-state index in [1.807, 2.05) is 11.6 Å². The number of hydrogen-bond donors (Lipinski definition) is 2. The lowest BCUT2D eigenvalue weighted by Crippen LogP contribution is -2.36. The molecule has 1 aromatic heterocycles. The highest BCUT2D eigenvalue weighted by molar-refractivity contribution is 7.99. The van der Waals surface area contributed by atoms with Crippen LogP contribution < -0.4 is 5.32 Å². The number of morpholine rings is 1. The Morgan fingerprint density at radius 2 is 2.07 bits per heavy atom. The SMILES string of the molecule is Cn1c(CN2CCOCC2)nnc1SCC(=O)Nc1ccc(Cl)c(C(=O)O)c1. The van der Waals surface area contributed by atoms with Crippen LogP contribution in [0.3, 0.4) is 0 Å². The number of thioether (sulfide) groups is 1. The van der Waals surface area contributed by atoms with Gasteiger partial charge in [-0.25, -0.2) is 4.79 Å². The lowest BCUT2D eigenvalue weighted by molar-refractivity contribution is -0.113. The first-order valence-electron chi connectivity index (χ1n) is 8.58. The molecule has 1 amide bonds. The van der Waals surface area contributed by atoms with Gasteiger partial charge in [0.1, 0.15) is 5.82 Å². The summed E-state index contributed by atoms with van der Waals surface area (Å²) in [5.41, 5.74) is 0.312. The Kier molecular flexibility index (Phi) is 6.89. The van der Waals surface area contributed by atoms with Crippen molar-refractivity contribution in [3.05, 3.63) is 34.6 Å².